The molecule has 0 radical (unpaired) electrons. The zero-order valence-electron chi connectivity index (χ0n) is 26.9. The van der Waals surface area contributed by atoms with E-state index in [1.54, 1.807) is 0 Å². The minimum atomic E-state index is -0.225. The normalized spacial score (nSPS) is 16.7. The summed E-state index contributed by atoms with van der Waals surface area (Å²) in [6, 6.07) is 55.5. The Bertz CT molecular complexity index is 2080. The molecule has 0 amide bonds. The molecule has 5 heteroatoms. The number of hydrogen-bond donors (Lipinski definition) is 2. The summed E-state index contributed by atoms with van der Waals surface area (Å²) in [7, 11) is 0. The lowest BCUT2D eigenvalue weighted by molar-refractivity contribution is 0.666. The zero-order valence-corrected chi connectivity index (χ0v) is 26.9. The van der Waals surface area contributed by atoms with Gasteiger partial charge in [0.2, 0.25) is 0 Å². The van der Waals surface area contributed by atoms with Crippen LogP contribution in [0.5, 0.6) is 0 Å². The Kier molecular flexibility index (Phi) is 8.01. The number of nitrogens with zero attached hydrogens (tertiary/aromatic N) is 3. The summed E-state index contributed by atoms with van der Waals surface area (Å²) in [6.07, 6.45) is 2.25. The third-order valence-corrected chi connectivity index (χ3v) is 9.08. The van der Waals surface area contributed by atoms with Gasteiger partial charge in [0.05, 0.1) is 11.4 Å². The first-order valence-electron chi connectivity index (χ1n) is 16.7. The van der Waals surface area contributed by atoms with E-state index in [-0.39, 0.29) is 12.3 Å². The van der Waals surface area contributed by atoms with Crippen LogP contribution in [0.25, 0.3) is 22.3 Å². The number of aliphatic imine (C=N–C) groups is 2. The Morgan fingerprint density at radius 3 is 1.90 bits per heavy atom. The summed E-state index contributed by atoms with van der Waals surface area (Å²) in [4.78, 5) is 12.4. The summed E-state index contributed by atoms with van der Waals surface area (Å²) in [6.45, 7) is 2.24. The van der Waals surface area contributed by atoms with Gasteiger partial charge in [-0.25, -0.2) is 9.98 Å². The lowest BCUT2D eigenvalue weighted by Gasteiger charge is -2.27. The molecule has 6 aromatic carbocycles. The number of hydrogen-bond acceptors (Lipinski definition) is 5. The van der Waals surface area contributed by atoms with Crippen molar-refractivity contribution >= 4 is 28.7 Å². The van der Waals surface area contributed by atoms with Crippen molar-refractivity contribution in [2.75, 3.05) is 10.2 Å². The van der Waals surface area contributed by atoms with E-state index in [0.717, 1.165) is 52.3 Å². The molecule has 8 rings (SSSR count). The van der Waals surface area contributed by atoms with Crippen molar-refractivity contribution in [3.63, 3.8) is 0 Å². The van der Waals surface area contributed by atoms with E-state index < -0.39 is 0 Å². The number of para-hydroxylation sites is 2. The fourth-order valence-electron chi connectivity index (χ4n) is 6.65. The highest BCUT2D eigenvalue weighted by Gasteiger charge is 2.29. The predicted octanol–water partition coefficient (Wildman–Crippen LogP) is 10.2. The summed E-state index contributed by atoms with van der Waals surface area (Å²) < 4.78 is 0. The van der Waals surface area contributed by atoms with E-state index in [4.69, 9.17) is 9.98 Å². The van der Waals surface area contributed by atoms with E-state index in [2.05, 4.69) is 144 Å². The van der Waals surface area contributed by atoms with Crippen molar-refractivity contribution < 1.29 is 0 Å². The molecule has 0 saturated carbocycles. The van der Waals surface area contributed by atoms with Crippen LogP contribution in [0.4, 0.5) is 17.1 Å². The van der Waals surface area contributed by atoms with Gasteiger partial charge in [-0.3, -0.25) is 0 Å². The molecular weight excluding hydrogens is 587 g/mol. The lowest BCUT2D eigenvalue weighted by atomic mass is 9.98. The number of nitrogens with one attached hydrogen (secondary N) is 2. The third-order valence-electron chi connectivity index (χ3n) is 9.08. The Balaban J connectivity index is 1.04. The molecule has 6 aromatic rings. The largest absolute Gasteiger partial charge is 0.363 e. The smallest absolute Gasteiger partial charge is 0.159 e. The first-order chi connectivity index (χ1) is 23.7. The molecule has 0 saturated heterocycles. The lowest BCUT2D eigenvalue weighted by Crippen LogP contribution is -2.33. The Labute approximate surface area is 282 Å². The Morgan fingerprint density at radius 1 is 0.562 bits per heavy atom. The molecule has 0 aromatic heterocycles. The highest BCUT2D eigenvalue weighted by molar-refractivity contribution is 6.13. The van der Waals surface area contributed by atoms with Crippen LogP contribution in [-0.2, 0) is 0 Å². The predicted molar refractivity (Wildman–Crippen MR) is 200 cm³/mol. The number of fused-ring (bicyclic) bond motifs is 1. The maximum atomic E-state index is 5.00. The van der Waals surface area contributed by atoms with Crippen LogP contribution in [0.3, 0.4) is 0 Å². The van der Waals surface area contributed by atoms with E-state index in [9.17, 15) is 0 Å². The van der Waals surface area contributed by atoms with Crippen LogP contribution in [0.15, 0.2) is 168 Å². The Morgan fingerprint density at radius 2 is 1.17 bits per heavy atom. The zero-order chi connectivity index (χ0) is 32.3. The molecule has 234 valence electrons. The maximum absolute atomic E-state index is 5.00. The summed E-state index contributed by atoms with van der Waals surface area (Å²) >= 11 is 0. The second-order valence-corrected chi connectivity index (χ2v) is 12.3. The molecule has 2 unspecified atom stereocenters. The average molecular weight is 624 g/mol. The van der Waals surface area contributed by atoms with Crippen LogP contribution in [-0.4, -0.2) is 17.8 Å². The van der Waals surface area contributed by atoms with E-state index >= 15 is 0 Å². The second kappa shape index (κ2) is 13.0. The molecule has 2 heterocycles. The fourth-order valence-corrected chi connectivity index (χ4v) is 6.65. The van der Waals surface area contributed by atoms with Gasteiger partial charge in [0.15, 0.2) is 5.84 Å². The van der Waals surface area contributed by atoms with Crippen LogP contribution in [0.2, 0.25) is 0 Å². The van der Waals surface area contributed by atoms with Crippen molar-refractivity contribution in [1.82, 2.24) is 5.32 Å². The fraction of sp³-hybridized carbons (Fsp3) is 0.116. The van der Waals surface area contributed by atoms with Gasteiger partial charge < -0.3 is 15.5 Å². The highest BCUT2D eigenvalue weighted by Crippen LogP contribution is 2.41. The molecule has 0 fully saturated rings. The molecule has 2 aliphatic heterocycles. The van der Waals surface area contributed by atoms with Crippen molar-refractivity contribution in [3.05, 3.63) is 174 Å². The van der Waals surface area contributed by atoms with Gasteiger partial charge >= 0.3 is 0 Å². The standard InChI is InChI=1S/C43H37N5/c1-2-12-40-44-38-19-9-10-20-39(38)48(40)37-27-25-31(26-28-37)30-21-23-32(24-22-30)35-17-11-18-36(29-35)43-46-41(33-13-5-3-6-14-33)45-42(47-43)34-15-7-4-8-16-34/h3-11,13-29,40-41,44H,2,12H2,1H3,(H,45,46,47). The first kappa shape index (κ1) is 29.5. The van der Waals surface area contributed by atoms with Crippen molar-refractivity contribution in [1.29, 1.82) is 0 Å². The van der Waals surface area contributed by atoms with Crippen LogP contribution in [0.1, 0.15) is 42.6 Å². The number of amidine groups is 2. The SMILES string of the molecule is CCCC1Nc2ccccc2N1c1ccc(-c2ccc(-c3cccc(C4=NC(c5ccccc5)=NC(c5ccccc5)N4)c3)cc2)cc1. The summed E-state index contributed by atoms with van der Waals surface area (Å²) in [5.41, 5.74) is 11.5. The average Bonchev–Trinajstić information content (AvgIpc) is 3.53. The number of benzene rings is 6. The molecule has 2 N–H and O–H groups in total. The first-order valence-corrected chi connectivity index (χ1v) is 16.7. The van der Waals surface area contributed by atoms with Crippen molar-refractivity contribution in [2.24, 2.45) is 9.98 Å². The molecule has 0 aliphatic carbocycles. The van der Waals surface area contributed by atoms with Gasteiger partial charge in [0.1, 0.15) is 18.2 Å². The Hall–Kier alpha value is -5.94. The summed E-state index contributed by atoms with van der Waals surface area (Å²) in [5.74, 6) is 1.54. The quantitative estimate of drug-likeness (QED) is 0.177. The van der Waals surface area contributed by atoms with Gasteiger partial charge in [-0.05, 0) is 64.6 Å². The number of rotatable bonds is 8. The van der Waals surface area contributed by atoms with E-state index in [1.165, 1.54) is 28.2 Å². The molecule has 0 spiro atoms. The van der Waals surface area contributed by atoms with Crippen molar-refractivity contribution in [2.45, 2.75) is 32.1 Å². The van der Waals surface area contributed by atoms with Gasteiger partial charge in [-0.15, -0.1) is 0 Å². The van der Waals surface area contributed by atoms with Crippen LogP contribution >= 0.6 is 0 Å². The van der Waals surface area contributed by atoms with Gasteiger partial charge in [0, 0.05) is 16.8 Å². The van der Waals surface area contributed by atoms with Crippen LogP contribution < -0.4 is 15.5 Å². The second-order valence-electron chi connectivity index (χ2n) is 12.3. The topological polar surface area (TPSA) is 52.0 Å². The maximum Gasteiger partial charge on any atom is 0.159 e. The molecular formula is C43H37N5. The summed E-state index contributed by atoms with van der Waals surface area (Å²) in [5, 5.41) is 7.29. The molecule has 5 nitrogen and oxygen atoms in total. The third kappa shape index (κ3) is 5.87. The minimum Gasteiger partial charge on any atom is -0.363 e. The minimum absolute atomic E-state index is 0.225. The highest BCUT2D eigenvalue weighted by atomic mass is 15.3. The van der Waals surface area contributed by atoms with Gasteiger partial charge in [-0.1, -0.05) is 141 Å². The van der Waals surface area contributed by atoms with Gasteiger partial charge in [0.25, 0.3) is 0 Å². The molecule has 0 bridgehead atoms. The van der Waals surface area contributed by atoms with Crippen molar-refractivity contribution in [3.8, 4) is 22.3 Å². The molecule has 48 heavy (non-hydrogen) atoms. The molecule has 2 atom stereocenters. The van der Waals surface area contributed by atoms with E-state index in [0.29, 0.717) is 0 Å². The molecule has 2 aliphatic rings. The van der Waals surface area contributed by atoms with Crippen LogP contribution in [0, 0.1) is 0 Å². The number of anilines is 3. The monoisotopic (exact) mass is 623 g/mol. The van der Waals surface area contributed by atoms with E-state index in [1.807, 2.05) is 36.4 Å². The van der Waals surface area contributed by atoms with Gasteiger partial charge in [-0.2, -0.15) is 0 Å².